The van der Waals surface area contributed by atoms with E-state index in [0.29, 0.717) is 24.1 Å². The molecule has 41 heavy (non-hydrogen) atoms. The van der Waals surface area contributed by atoms with E-state index in [9.17, 15) is 17.6 Å². The van der Waals surface area contributed by atoms with Crippen LogP contribution in [0.15, 0.2) is 84.0 Å². The van der Waals surface area contributed by atoms with Crippen LogP contribution < -0.4 is 9.62 Å². The fourth-order valence-corrected chi connectivity index (χ4v) is 7.24. The fourth-order valence-electron chi connectivity index (χ4n) is 5.89. The van der Waals surface area contributed by atoms with Gasteiger partial charge in [0.25, 0.3) is 0 Å². The number of carbonyl (C=O) groups is 1. The van der Waals surface area contributed by atoms with Crippen molar-refractivity contribution in [2.24, 2.45) is 13.0 Å². The lowest BCUT2D eigenvalue weighted by Gasteiger charge is -2.29. The average molecular weight is 573 g/mol. The molecule has 9 heteroatoms. The lowest BCUT2D eigenvalue weighted by molar-refractivity contribution is -0.120. The number of nitrogens with one attached hydrogen (secondary N) is 1. The zero-order valence-electron chi connectivity index (χ0n) is 23.1. The third kappa shape index (κ3) is 5.56. The number of sulfonamides is 1. The van der Waals surface area contributed by atoms with Crippen molar-refractivity contribution in [2.45, 2.75) is 56.0 Å². The molecular formula is C32H33FN4O3S. The zero-order chi connectivity index (χ0) is 28.7. The smallest absolute Gasteiger partial charge is 0.241 e. The van der Waals surface area contributed by atoms with Crippen LogP contribution in [0.3, 0.4) is 0 Å². The van der Waals surface area contributed by atoms with Gasteiger partial charge in [-0.15, -0.1) is 0 Å². The Labute approximate surface area is 240 Å². The average Bonchev–Trinajstić information content (AvgIpc) is 3.65. The molecule has 1 amide bonds. The minimum atomic E-state index is -3.75. The number of rotatable bonds is 8. The zero-order valence-corrected chi connectivity index (χ0v) is 23.9. The highest BCUT2D eigenvalue weighted by molar-refractivity contribution is 7.89. The number of halogens is 1. The van der Waals surface area contributed by atoms with E-state index < -0.39 is 16.1 Å². The second-order valence-electron chi connectivity index (χ2n) is 11.1. The van der Waals surface area contributed by atoms with Crippen molar-refractivity contribution >= 4 is 21.6 Å². The molecule has 6 rings (SSSR count). The topological polar surface area (TPSA) is 84.3 Å². The molecule has 7 nitrogen and oxygen atoms in total. The Kier molecular flexibility index (Phi) is 7.25. The summed E-state index contributed by atoms with van der Waals surface area (Å²) in [5.74, 6) is -0.163. The molecule has 212 valence electrons. The molecule has 0 bridgehead atoms. The van der Waals surface area contributed by atoms with E-state index in [0.717, 1.165) is 35.4 Å². The number of imidazole rings is 1. The number of fused-ring (bicyclic) bond motifs is 1. The van der Waals surface area contributed by atoms with Crippen LogP contribution in [0.5, 0.6) is 0 Å². The first-order valence-electron chi connectivity index (χ1n) is 13.9. The number of benzene rings is 3. The van der Waals surface area contributed by atoms with Gasteiger partial charge in [-0.3, -0.25) is 4.79 Å². The standard InChI is InChI=1S/C32H33FN4O3S/c1-21-7-5-9-24(17-21)41(39,40)35-30-12-6-8-22-13-14-23(18-26(22)30)37(20-31-34-15-16-36(31)2)32(38)28-19-27(28)25-10-3-4-11-29(25)33/h3-5,7,9-11,13-18,27-28,30,35H,6,8,12,19-20H2,1-2H3/t27-,28+,30-/m1/s1. The number of nitrogens with zero attached hydrogens (tertiary/aromatic N) is 3. The number of hydrogen-bond donors (Lipinski definition) is 1. The van der Waals surface area contributed by atoms with Crippen LogP contribution in [0.25, 0.3) is 0 Å². The first-order chi connectivity index (χ1) is 19.7. The van der Waals surface area contributed by atoms with E-state index in [2.05, 4.69) is 9.71 Å². The molecule has 1 N–H and O–H groups in total. The van der Waals surface area contributed by atoms with Gasteiger partial charge in [-0.05, 0) is 91.1 Å². The molecule has 1 saturated carbocycles. The molecule has 0 aliphatic heterocycles. The number of aromatic nitrogens is 2. The van der Waals surface area contributed by atoms with Crippen LogP contribution in [-0.4, -0.2) is 23.9 Å². The summed E-state index contributed by atoms with van der Waals surface area (Å²) >= 11 is 0. The lowest BCUT2D eigenvalue weighted by atomic mass is 9.87. The van der Waals surface area contributed by atoms with Gasteiger partial charge in [0, 0.05) is 37.1 Å². The van der Waals surface area contributed by atoms with Crippen molar-refractivity contribution in [1.82, 2.24) is 14.3 Å². The SMILES string of the molecule is Cc1cccc(S(=O)(=O)N[C@@H]2CCCc3ccc(N(Cc4nccn4C)C(=O)[C@H]4C[C@@H]4c4ccccc4F)cc32)c1. The van der Waals surface area contributed by atoms with Crippen LogP contribution in [0.2, 0.25) is 0 Å². The molecular weight excluding hydrogens is 539 g/mol. The number of aryl methyl sites for hydroxylation is 3. The summed E-state index contributed by atoms with van der Waals surface area (Å²) in [5.41, 5.74) is 4.06. The summed E-state index contributed by atoms with van der Waals surface area (Å²) in [6.45, 7) is 2.12. The monoisotopic (exact) mass is 572 g/mol. The van der Waals surface area contributed by atoms with Crippen molar-refractivity contribution < 1.29 is 17.6 Å². The Bertz CT molecular complexity index is 1720. The fraction of sp³-hybridized carbons (Fsp3) is 0.312. The highest BCUT2D eigenvalue weighted by Gasteiger charge is 2.47. The predicted octanol–water partition coefficient (Wildman–Crippen LogP) is 5.56. The first kappa shape index (κ1) is 27.4. The maximum absolute atomic E-state index is 14.5. The maximum Gasteiger partial charge on any atom is 0.241 e. The number of hydrogen-bond acceptors (Lipinski definition) is 4. The Balaban J connectivity index is 1.32. The number of carbonyl (C=O) groups excluding carboxylic acids is 1. The van der Waals surface area contributed by atoms with Crippen LogP contribution in [-0.2, 0) is 34.8 Å². The van der Waals surface area contributed by atoms with Gasteiger partial charge in [-0.1, -0.05) is 36.4 Å². The van der Waals surface area contributed by atoms with E-state index in [1.807, 2.05) is 49.0 Å². The number of amides is 1. The maximum atomic E-state index is 14.5. The third-order valence-corrected chi connectivity index (χ3v) is 9.72. The second-order valence-corrected chi connectivity index (χ2v) is 12.8. The molecule has 2 aliphatic carbocycles. The molecule has 3 atom stereocenters. The van der Waals surface area contributed by atoms with Gasteiger partial charge >= 0.3 is 0 Å². The van der Waals surface area contributed by atoms with Crippen LogP contribution in [0.1, 0.15) is 59.3 Å². The van der Waals surface area contributed by atoms with Crippen molar-refractivity contribution in [3.05, 3.63) is 113 Å². The highest BCUT2D eigenvalue weighted by Crippen LogP contribution is 2.50. The summed E-state index contributed by atoms with van der Waals surface area (Å²) in [6.07, 6.45) is 6.47. The number of anilines is 1. The van der Waals surface area contributed by atoms with Gasteiger partial charge < -0.3 is 9.47 Å². The predicted molar refractivity (Wildman–Crippen MR) is 155 cm³/mol. The minimum absolute atomic E-state index is 0.0890. The summed E-state index contributed by atoms with van der Waals surface area (Å²) in [6, 6.07) is 19.0. The second kappa shape index (κ2) is 10.9. The van der Waals surface area contributed by atoms with Crippen LogP contribution >= 0.6 is 0 Å². The quantitative estimate of drug-likeness (QED) is 0.300. The van der Waals surface area contributed by atoms with Crippen LogP contribution in [0, 0.1) is 18.7 Å². The van der Waals surface area contributed by atoms with Gasteiger partial charge in [0.15, 0.2) is 0 Å². The van der Waals surface area contributed by atoms with Gasteiger partial charge in [0.05, 0.1) is 11.4 Å². The summed E-state index contributed by atoms with van der Waals surface area (Å²) in [4.78, 5) is 20.4. The molecule has 0 spiro atoms. The molecule has 2 aliphatic rings. The largest absolute Gasteiger partial charge is 0.337 e. The highest BCUT2D eigenvalue weighted by atomic mass is 32.2. The molecule has 1 fully saturated rings. The molecule has 3 aromatic carbocycles. The molecule has 4 aromatic rings. The summed E-state index contributed by atoms with van der Waals surface area (Å²) in [5, 5.41) is 0. The molecule has 1 heterocycles. The molecule has 0 unspecified atom stereocenters. The van der Waals surface area contributed by atoms with Crippen LogP contribution in [0.4, 0.5) is 10.1 Å². The Morgan fingerprint density at radius 1 is 1.10 bits per heavy atom. The Morgan fingerprint density at radius 3 is 2.68 bits per heavy atom. The van der Waals surface area contributed by atoms with E-state index in [1.165, 1.54) is 6.07 Å². The van der Waals surface area contributed by atoms with Crippen molar-refractivity contribution in [1.29, 1.82) is 0 Å². The Hall–Kier alpha value is -3.82. The van der Waals surface area contributed by atoms with Crippen molar-refractivity contribution in [3.63, 3.8) is 0 Å². The van der Waals surface area contributed by atoms with Crippen molar-refractivity contribution in [2.75, 3.05) is 4.90 Å². The van der Waals surface area contributed by atoms with Crippen molar-refractivity contribution in [3.8, 4) is 0 Å². The molecule has 1 aromatic heterocycles. The van der Waals surface area contributed by atoms with E-state index in [-0.39, 0.29) is 35.0 Å². The van der Waals surface area contributed by atoms with E-state index >= 15 is 0 Å². The normalized spacial score (nSPS) is 19.9. The Morgan fingerprint density at radius 2 is 1.93 bits per heavy atom. The van der Waals surface area contributed by atoms with E-state index in [1.54, 1.807) is 47.5 Å². The summed E-state index contributed by atoms with van der Waals surface area (Å²) in [7, 11) is -1.86. The third-order valence-electron chi connectivity index (χ3n) is 8.25. The van der Waals surface area contributed by atoms with Gasteiger partial charge in [-0.2, -0.15) is 0 Å². The van der Waals surface area contributed by atoms with Gasteiger partial charge in [-0.25, -0.2) is 22.5 Å². The molecule has 0 radical (unpaired) electrons. The minimum Gasteiger partial charge on any atom is -0.337 e. The lowest BCUT2D eigenvalue weighted by Crippen LogP contribution is -2.34. The van der Waals surface area contributed by atoms with Gasteiger partial charge in [0.1, 0.15) is 11.6 Å². The van der Waals surface area contributed by atoms with E-state index in [4.69, 9.17) is 0 Å². The van der Waals surface area contributed by atoms with Gasteiger partial charge in [0.2, 0.25) is 15.9 Å². The molecule has 0 saturated heterocycles. The first-order valence-corrected chi connectivity index (χ1v) is 15.4. The summed E-state index contributed by atoms with van der Waals surface area (Å²) < 4.78 is 46.0.